The number of hydrogen-bond donors (Lipinski definition) is 0. The van der Waals surface area contributed by atoms with Crippen LogP contribution >= 0.6 is 11.3 Å². The third-order valence-corrected chi connectivity index (χ3v) is 7.56. The van der Waals surface area contributed by atoms with Crippen molar-refractivity contribution in [3.05, 3.63) is 88.1 Å². The van der Waals surface area contributed by atoms with Crippen LogP contribution in [0.25, 0.3) is 0 Å². The van der Waals surface area contributed by atoms with Gasteiger partial charge in [-0.05, 0) is 58.6 Å². The summed E-state index contributed by atoms with van der Waals surface area (Å²) >= 11 is 1.76. The van der Waals surface area contributed by atoms with E-state index in [1.165, 1.54) is 11.1 Å². The third-order valence-electron chi connectivity index (χ3n) is 6.83. The summed E-state index contributed by atoms with van der Waals surface area (Å²) in [4.78, 5) is 18.1. The number of carbonyl (C=O) groups excluding carboxylic acids is 1. The Hall–Kier alpha value is -2.63. The van der Waals surface area contributed by atoms with Crippen LogP contribution in [-0.4, -0.2) is 48.5 Å². The average Bonchev–Trinajstić information content (AvgIpc) is 3.47. The van der Waals surface area contributed by atoms with Gasteiger partial charge in [0.25, 0.3) is 5.91 Å². The number of carbonyl (C=O) groups is 1. The summed E-state index contributed by atoms with van der Waals surface area (Å²) in [5.74, 6) is 1.82. The van der Waals surface area contributed by atoms with E-state index >= 15 is 0 Å². The lowest BCUT2D eigenvalue weighted by atomic mass is 9.81. The molecular formula is C26H28N2O2S. The maximum absolute atomic E-state index is 13.4. The van der Waals surface area contributed by atoms with Gasteiger partial charge in [-0.1, -0.05) is 30.3 Å². The van der Waals surface area contributed by atoms with Gasteiger partial charge in [0.1, 0.15) is 5.75 Å². The van der Waals surface area contributed by atoms with Crippen LogP contribution in [-0.2, 0) is 6.54 Å². The van der Waals surface area contributed by atoms with E-state index in [2.05, 4.69) is 38.8 Å². The average molecular weight is 433 g/mol. The first-order valence-corrected chi connectivity index (χ1v) is 11.9. The Labute approximate surface area is 188 Å². The van der Waals surface area contributed by atoms with E-state index in [1.54, 1.807) is 18.4 Å². The van der Waals surface area contributed by atoms with Gasteiger partial charge >= 0.3 is 0 Å². The van der Waals surface area contributed by atoms with Crippen molar-refractivity contribution in [2.75, 3.05) is 26.7 Å². The predicted molar refractivity (Wildman–Crippen MR) is 125 cm³/mol. The molecule has 0 bridgehead atoms. The second-order valence-electron chi connectivity index (χ2n) is 8.59. The minimum absolute atomic E-state index is 0.165. The summed E-state index contributed by atoms with van der Waals surface area (Å²) in [5.41, 5.74) is 3.48. The molecule has 0 spiro atoms. The zero-order valence-electron chi connectivity index (χ0n) is 17.8. The van der Waals surface area contributed by atoms with Crippen molar-refractivity contribution in [1.29, 1.82) is 0 Å². The number of thiophene rings is 1. The highest BCUT2D eigenvalue weighted by Crippen LogP contribution is 2.42. The largest absolute Gasteiger partial charge is 0.497 e. The van der Waals surface area contributed by atoms with Crippen molar-refractivity contribution in [3.63, 3.8) is 0 Å². The summed E-state index contributed by atoms with van der Waals surface area (Å²) in [5, 5.41) is 4.39. The highest BCUT2D eigenvalue weighted by atomic mass is 32.1. The molecule has 3 atom stereocenters. The standard InChI is InChI=1S/C26H28N2O2S/c1-30-22-9-7-20(8-10-22)23-17-28(26(29)21-5-3-2-4-6-21)25-11-13-27(16-24(23)25)15-19-12-14-31-18-19/h2-10,12,14,18,23-25H,11,13,15-17H2,1H3/t23-,24-,25-/m1/s1. The molecule has 5 heteroatoms. The van der Waals surface area contributed by atoms with Crippen molar-refractivity contribution >= 4 is 17.2 Å². The molecule has 31 heavy (non-hydrogen) atoms. The normalized spacial score (nSPS) is 23.5. The van der Waals surface area contributed by atoms with E-state index in [-0.39, 0.29) is 5.91 Å². The molecule has 0 saturated carbocycles. The lowest BCUT2D eigenvalue weighted by Gasteiger charge is -2.39. The van der Waals surface area contributed by atoms with Gasteiger partial charge in [-0.2, -0.15) is 11.3 Å². The first-order chi connectivity index (χ1) is 15.2. The number of piperidine rings is 1. The molecule has 2 aliphatic heterocycles. The van der Waals surface area contributed by atoms with E-state index in [1.807, 2.05) is 42.5 Å². The van der Waals surface area contributed by atoms with Crippen LogP contribution in [0.15, 0.2) is 71.4 Å². The van der Waals surface area contributed by atoms with Crippen molar-refractivity contribution in [2.45, 2.75) is 24.9 Å². The van der Waals surface area contributed by atoms with Crippen molar-refractivity contribution in [3.8, 4) is 5.75 Å². The highest BCUT2D eigenvalue weighted by molar-refractivity contribution is 7.07. The number of benzene rings is 2. The second-order valence-corrected chi connectivity index (χ2v) is 9.37. The molecule has 4 nitrogen and oxygen atoms in total. The zero-order valence-corrected chi connectivity index (χ0v) is 18.6. The molecule has 3 aromatic rings. The van der Waals surface area contributed by atoms with Gasteiger partial charge in [0.15, 0.2) is 0 Å². The van der Waals surface area contributed by atoms with Gasteiger partial charge in [0.05, 0.1) is 7.11 Å². The summed E-state index contributed by atoms with van der Waals surface area (Å²) in [6, 6.07) is 20.7. The number of nitrogens with zero attached hydrogens (tertiary/aromatic N) is 2. The van der Waals surface area contributed by atoms with Crippen LogP contribution in [0.3, 0.4) is 0 Å². The zero-order chi connectivity index (χ0) is 21.2. The van der Waals surface area contributed by atoms with Crippen molar-refractivity contribution in [1.82, 2.24) is 9.80 Å². The fourth-order valence-electron chi connectivity index (χ4n) is 5.27. The lowest BCUT2D eigenvalue weighted by Crippen LogP contribution is -2.47. The van der Waals surface area contributed by atoms with Crippen LogP contribution < -0.4 is 4.74 Å². The first-order valence-electron chi connectivity index (χ1n) is 11.0. The van der Waals surface area contributed by atoms with Gasteiger partial charge in [0, 0.05) is 49.6 Å². The first kappa shape index (κ1) is 20.3. The fourth-order valence-corrected chi connectivity index (χ4v) is 5.93. The second kappa shape index (κ2) is 8.85. The number of likely N-dealkylation sites (tertiary alicyclic amines) is 2. The summed E-state index contributed by atoms with van der Waals surface area (Å²) in [6.07, 6.45) is 1.03. The van der Waals surface area contributed by atoms with Gasteiger partial charge < -0.3 is 9.64 Å². The van der Waals surface area contributed by atoms with Crippen molar-refractivity contribution < 1.29 is 9.53 Å². The smallest absolute Gasteiger partial charge is 0.254 e. The molecule has 5 rings (SSSR count). The van der Waals surface area contributed by atoms with Gasteiger partial charge in [0.2, 0.25) is 0 Å². The van der Waals surface area contributed by atoms with Crippen molar-refractivity contribution in [2.24, 2.45) is 5.92 Å². The third kappa shape index (κ3) is 4.12. The molecule has 1 aromatic heterocycles. The maximum atomic E-state index is 13.4. The van der Waals surface area contributed by atoms with E-state index < -0.39 is 0 Å². The quantitative estimate of drug-likeness (QED) is 0.576. The molecule has 2 aromatic carbocycles. The molecule has 160 valence electrons. The predicted octanol–water partition coefficient (Wildman–Crippen LogP) is 4.89. The molecule has 2 fully saturated rings. The van der Waals surface area contributed by atoms with Crippen LogP contribution in [0.2, 0.25) is 0 Å². The maximum Gasteiger partial charge on any atom is 0.254 e. The van der Waals surface area contributed by atoms with E-state index in [0.29, 0.717) is 17.9 Å². The van der Waals surface area contributed by atoms with E-state index in [4.69, 9.17) is 4.74 Å². The topological polar surface area (TPSA) is 32.8 Å². The number of amides is 1. The molecule has 1 amide bonds. The number of methoxy groups -OCH3 is 1. The number of ether oxygens (including phenoxy) is 1. The van der Waals surface area contributed by atoms with Gasteiger partial charge in [-0.3, -0.25) is 9.69 Å². The Bertz CT molecular complexity index is 1000. The van der Waals surface area contributed by atoms with E-state index in [9.17, 15) is 4.79 Å². The molecular weight excluding hydrogens is 404 g/mol. The van der Waals surface area contributed by atoms with Gasteiger partial charge in [-0.15, -0.1) is 0 Å². The van der Waals surface area contributed by atoms with Crippen LogP contribution in [0.5, 0.6) is 5.75 Å². The van der Waals surface area contributed by atoms with E-state index in [0.717, 1.165) is 43.9 Å². The van der Waals surface area contributed by atoms with Crippen LogP contribution in [0.1, 0.15) is 33.8 Å². The Kier molecular flexibility index (Phi) is 5.79. The Morgan fingerprint density at radius 3 is 2.58 bits per heavy atom. The number of hydrogen-bond acceptors (Lipinski definition) is 4. The molecule has 0 radical (unpaired) electrons. The SMILES string of the molecule is COc1ccc([C@H]2CN(C(=O)c3ccccc3)[C@@H]3CCN(Cc4ccsc4)C[C@H]23)cc1. The number of fused-ring (bicyclic) bond motifs is 1. The fraction of sp³-hybridized carbons (Fsp3) is 0.346. The molecule has 0 unspecified atom stereocenters. The Balaban J connectivity index is 1.42. The number of rotatable bonds is 5. The molecule has 0 aliphatic carbocycles. The Morgan fingerprint density at radius 1 is 1.06 bits per heavy atom. The van der Waals surface area contributed by atoms with Crippen LogP contribution in [0, 0.1) is 5.92 Å². The van der Waals surface area contributed by atoms with Gasteiger partial charge in [-0.25, -0.2) is 0 Å². The molecule has 3 heterocycles. The summed E-state index contributed by atoms with van der Waals surface area (Å²) in [7, 11) is 1.70. The minimum Gasteiger partial charge on any atom is -0.497 e. The monoisotopic (exact) mass is 432 g/mol. The molecule has 2 aliphatic rings. The lowest BCUT2D eigenvalue weighted by molar-refractivity contribution is 0.0614. The molecule has 2 saturated heterocycles. The van der Waals surface area contributed by atoms with Crippen LogP contribution in [0.4, 0.5) is 0 Å². The summed E-state index contributed by atoms with van der Waals surface area (Å²) < 4.78 is 5.36. The highest BCUT2D eigenvalue weighted by Gasteiger charge is 2.47. The summed E-state index contributed by atoms with van der Waals surface area (Å²) in [6.45, 7) is 3.83. The Morgan fingerprint density at radius 2 is 1.87 bits per heavy atom. The minimum atomic E-state index is 0.165. The molecule has 0 N–H and O–H groups in total.